The smallest absolute Gasteiger partial charge is 0.341 e. The van der Waals surface area contributed by atoms with Crippen LogP contribution in [0.15, 0.2) is 51.9 Å². The van der Waals surface area contributed by atoms with Crippen molar-refractivity contribution in [3.63, 3.8) is 0 Å². The lowest BCUT2D eigenvalue weighted by Gasteiger charge is -2.08. The van der Waals surface area contributed by atoms with Crippen LogP contribution < -0.4 is 10.2 Å². The number of fused-ring (bicyclic) bond motifs is 1. The second kappa shape index (κ2) is 5.96. The van der Waals surface area contributed by atoms with Gasteiger partial charge < -0.3 is 24.5 Å². The molecule has 0 saturated heterocycles. The molecule has 7 heteroatoms. The first kappa shape index (κ1) is 15.4. The molecule has 0 aliphatic heterocycles. The van der Waals surface area contributed by atoms with Gasteiger partial charge in [-0.25, -0.2) is 4.79 Å². The van der Waals surface area contributed by atoms with Gasteiger partial charge in [-0.3, -0.25) is 4.79 Å². The molecule has 122 valence electrons. The monoisotopic (exact) mass is 328 g/mol. The number of rotatable bonds is 4. The molecule has 0 saturated carbocycles. The average molecular weight is 328 g/mol. The molecule has 0 fully saturated rings. The molecule has 0 aliphatic rings. The predicted octanol–water partition coefficient (Wildman–Crippen LogP) is 2.33. The minimum atomic E-state index is -1.17. The standard InChI is InChI=1S/C17H12O7/c18-10-3-1-9(2-4-10)12-7-24-14-6-11(23-8-15(20)21)5-13(19)16(14)17(12)22/h1-7,18-19H,8H2,(H,20,21). The summed E-state index contributed by atoms with van der Waals surface area (Å²) in [5.74, 6) is -1.41. The number of benzene rings is 2. The van der Waals surface area contributed by atoms with Gasteiger partial charge in [0.2, 0.25) is 5.43 Å². The van der Waals surface area contributed by atoms with Crippen molar-refractivity contribution >= 4 is 16.9 Å². The van der Waals surface area contributed by atoms with Crippen LogP contribution in [0.4, 0.5) is 0 Å². The first-order valence-corrected chi connectivity index (χ1v) is 6.88. The van der Waals surface area contributed by atoms with Crippen molar-refractivity contribution in [1.82, 2.24) is 0 Å². The topological polar surface area (TPSA) is 117 Å². The Bertz CT molecular complexity index is 971. The van der Waals surface area contributed by atoms with Crippen molar-refractivity contribution in [2.24, 2.45) is 0 Å². The van der Waals surface area contributed by atoms with E-state index >= 15 is 0 Å². The van der Waals surface area contributed by atoms with Gasteiger partial charge in [-0.05, 0) is 17.7 Å². The number of carbonyl (C=O) groups is 1. The molecule has 0 atom stereocenters. The lowest BCUT2D eigenvalue weighted by molar-refractivity contribution is -0.139. The molecule has 3 rings (SSSR count). The first-order valence-electron chi connectivity index (χ1n) is 6.88. The van der Waals surface area contributed by atoms with E-state index in [9.17, 15) is 19.8 Å². The van der Waals surface area contributed by atoms with E-state index in [-0.39, 0.29) is 33.8 Å². The molecule has 0 spiro atoms. The van der Waals surface area contributed by atoms with E-state index in [4.69, 9.17) is 14.3 Å². The number of phenols is 2. The first-order chi connectivity index (χ1) is 11.5. The number of aromatic hydroxyl groups is 2. The molecule has 0 radical (unpaired) electrons. The number of hydrogen-bond acceptors (Lipinski definition) is 6. The normalized spacial score (nSPS) is 10.7. The lowest BCUT2D eigenvalue weighted by Crippen LogP contribution is -2.10. The van der Waals surface area contributed by atoms with Gasteiger partial charge in [-0.15, -0.1) is 0 Å². The summed E-state index contributed by atoms with van der Waals surface area (Å²) in [6, 6.07) is 8.45. The molecule has 2 aromatic carbocycles. The number of carboxylic acids is 1. The van der Waals surface area contributed by atoms with Crippen molar-refractivity contribution in [2.75, 3.05) is 6.61 Å². The number of phenolic OH excluding ortho intramolecular Hbond substituents is 2. The zero-order valence-corrected chi connectivity index (χ0v) is 12.2. The van der Waals surface area contributed by atoms with Crippen LogP contribution in [0, 0.1) is 0 Å². The maximum absolute atomic E-state index is 12.6. The summed E-state index contributed by atoms with van der Waals surface area (Å²) in [4.78, 5) is 23.1. The Morgan fingerprint density at radius 2 is 1.83 bits per heavy atom. The van der Waals surface area contributed by atoms with Crippen LogP contribution in [-0.2, 0) is 4.79 Å². The van der Waals surface area contributed by atoms with E-state index in [1.54, 1.807) is 12.1 Å². The predicted molar refractivity (Wildman–Crippen MR) is 84.4 cm³/mol. The van der Waals surface area contributed by atoms with Gasteiger partial charge >= 0.3 is 5.97 Å². The molecular formula is C17H12O7. The van der Waals surface area contributed by atoms with Crippen LogP contribution in [0.5, 0.6) is 17.2 Å². The molecule has 0 unspecified atom stereocenters. The molecule has 7 nitrogen and oxygen atoms in total. The Labute approximate surface area is 135 Å². The SMILES string of the molecule is O=C(O)COc1cc(O)c2c(=O)c(-c3ccc(O)cc3)coc2c1. The average Bonchev–Trinajstić information content (AvgIpc) is 2.54. The fourth-order valence-corrected chi connectivity index (χ4v) is 2.28. The highest BCUT2D eigenvalue weighted by Gasteiger charge is 2.15. The highest BCUT2D eigenvalue weighted by Crippen LogP contribution is 2.30. The van der Waals surface area contributed by atoms with Crippen molar-refractivity contribution in [3.05, 3.63) is 52.9 Å². The number of ether oxygens (including phenoxy) is 1. The van der Waals surface area contributed by atoms with Crippen LogP contribution in [0.25, 0.3) is 22.1 Å². The largest absolute Gasteiger partial charge is 0.508 e. The van der Waals surface area contributed by atoms with Gasteiger partial charge in [0.05, 0.1) is 5.56 Å². The van der Waals surface area contributed by atoms with Crippen molar-refractivity contribution in [3.8, 4) is 28.4 Å². The van der Waals surface area contributed by atoms with Crippen LogP contribution in [0.2, 0.25) is 0 Å². The van der Waals surface area contributed by atoms with E-state index in [2.05, 4.69) is 0 Å². The fourth-order valence-electron chi connectivity index (χ4n) is 2.28. The van der Waals surface area contributed by atoms with Crippen LogP contribution in [-0.4, -0.2) is 27.9 Å². The Morgan fingerprint density at radius 1 is 1.12 bits per heavy atom. The van der Waals surface area contributed by atoms with Crippen molar-refractivity contribution in [2.45, 2.75) is 0 Å². The Morgan fingerprint density at radius 3 is 2.50 bits per heavy atom. The van der Waals surface area contributed by atoms with Crippen molar-refractivity contribution in [1.29, 1.82) is 0 Å². The van der Waals surface area contributed by atoms with Gasteiger partial charge in [0, 0.05) is 12.1 Å². The highest BCUT2D eigenvalue weighted by molar-refractivity contribution is 5.88. The van der Waals surface area contributed by atoms with E-state index in [1.165, 1.54) is 24.5 Å². The molecule has 1 heterocycles. The third-order valence-electron chi connectivity index (χ3n) is 3.37. The second-order valence-electron chi connectivity index (χ2n) is 5.02. The summed E-state index contributed by atoms with van der Waals surface area (Å²) in [7, 11) is 0. The number of hydrogen-bond donors (Lipinski definition) is 3. The molecule has 0 aliphatic carbocycles. The van der Waals surface area contributed by atoms with Crippen LogP contribution >= 0.6 is 0 Å². The van der Waals surface area contributed by atoms with Crippen molar-refractivity contribution < 1.29 is 29.3 Å². The quantitative estimate of drug-likeness (QED) is 0.673. The minimum Gasteiger partial charge on any atom is -0.508 e. The van der Waals surface area contributed by atoms with Crippen LogP contribution in [0.3, 0.4) is 0 Å². The van der Waals surface area contributed by atoms with E-state index in [0.29, 0.717) is 5.56 Å². The summed E-state index contributed by atoms with van der Waals surface area (Å²) < 4.78 is 10.4. The molecule has 3 N–H and O–H groups in total. The second-order valence-corrected chi connectivity index (χ2v) is 5.02. The maximum atomic E-state index is 12.6. The molecule has 1 aromatic heterocycles. The lowest BCUT2D eigenvalue weighted by atomic mass is 10.0. The molecule has 3 aromatic rings. The Balaban J connectivity index is 2.10. The summed E-state index contributed by atoms with van der Waals surface area (Å²) in [5.41, 5.74) is 0.359. The molecular weight excluding hydrogens is 316 g/mol. The third-order valence-corrected chi connectivity index (χ3v) is 3.37. The highest BCUT2D eigenvalue weighted by atomic mass is 16.5. The Hall–Kier alpha value is -3.48. The number of carboxylic acid groups (broad SMARTS) is 1. The zero-order valence-electron chi connectivity index (χ0n) is 12.2. The summed E-state index contributed by atoms with van der Waals surface area (Å²) in [5, 5.41) is 28.0. The summed E-state index contributed by atoms with van der Waals surface area (Å²) in [6.07, 6.45) is 1.23. The van der Waals surface area contributed by atoms with Gasteiger partial charge in [0.25, 0.3) is 0 Å². The fraction of sp³-hybridized carbons (Fsp3) is 0.0588. The summed E-state index contributed by atoms with van der Waals surface area (Å²) >= 11 is 0. The maximum Gasteiger partial charge on any atom is 0.341 e. The van der Waals surface area contributed by atoms with E-state index < -0.39 is 18.0 Å². The zero-order chi connectivity index (χ0) is 17.3. The Kier molecular flexibility index (Phi) is 3.83. The molecule has 0 amide bonds. The van der Waals surface area contributed by atoms with Gasteiger partial charge in [0.1, 0.15) is 34.5 Å². The third kappa shape index (κ3) is 2.87. The van der Waals surface area contributed by atoms with Gasteiger partial charge in [-0.1, -0.05) is 12.1 Å². The van der Waals surface area contributed by atoms with E-state index in [1.807, 2.05) is 0 Å². The number of aliphatic carboxylic acids is 1. The van der Waals surface area contributed by atoms with Gasteiger partial charge in [0.15, 0.2) is 6.61 Å². The minimum absolute atomic E-state index is 0.0387. The summed E-state index contributed by atoms with van der Waals surface area (Å²) in [6.45, 7) is -0.583. The molecule has 24 heavy (non-hydrogen) atoms. The van der Waals surface area contributed by atoms with Crippen LogP contribution in [0.1, 0.15) is 0 Å². The van der Waals surface area contributed by atoms with Gasteiger partial charge in [-0.2, -0.15) is 0 Å². The molecule has 0 bridgehead atoms. The van der Waals surface area contributed by atoms with E-state index in [0.717, 1.165) is 6.07 Å².